The zero-order valence-corrected chi connectivity index (χ0v) is 10.7. The average molecular weight is 269 g/mol. The van der Waals surface area contributed by atoms with Gasteiger partial charge in [0.1, 0.15) is 6.10 Å². The molecule has 1 atom stereocenters. The van der Waals surface area contributed by atoms with Gasteiger partial charge in [0.2, 0.25) is 0 Å². The Labute approximate surface area is 109 Å². The van der Waals surface area contributed by atoms with E-state index < -0.39 is 10.9 Å². The maximum absolute atomic E-state index is 10.9. The quantitative estimate of drug-likeness (QED) is 0.601. The number of rotatable bonds is 7. The average Bonchev–Trinajstić information content (AvgIpc) is 2.36. The number of carboxylic acid groups (broad SMARTS) is 1. The van der Waals surface area contributed by atoms with Crippen LogP contribution in [0.4, 0.5) is 5.69 Å². The third-order valence-corrected chi connectivity index (χ3v) is 2.29. The van der Waals surface area contributed by atoms with Gasteiger partial charge in [-0.15, -0.1) is 0 Å². The minimum absolute atomic E-state index is 0.0298. The van der Waals surface area contributed by atoms with Crippen LogP contribution in [0.3, 0.4) is 0 Å². The molecule has 0 saturated carbocycles. The molecule has 0 aliphatic rings. The van der Waals surface area contributed by atoms with Crippen molar-refractivity contribution in [3.63, 3.8) is 0 Å². The van der Waals surface area contributed by atoms with E-state index in [0.29, 0.717) is 13.2 Å². The number of nitro groups is 1. The van der Waals surface area contributed by atoms with Crippen LogP contribution in [0, 0.1) is 10.1 Å². The van der Waals surface area contributed by atoms with E-state index in [4.69, 9.17) is 14.6 Å². The molecule has 0 aromatic heterocycles. The lowest BCUT2D eigenvalue weighted by Gasteiger charge is -2.14. The number of hydrogen-bond donors (Lipinski definition) is 1. The predicted molar refractivity (Wildman–Crippen MR) is 66.6 cm³/mol. The van der Waals surface area contributed by atoms with Crippen LogP contribution in [0.2, 0.25) is 0 Å². The van der Waals surface area contributed by atoms with Crippen LogP contribution in [0.15, 0.2) is 18.2 Å². The van der Waals surface area contributed by atoms with Crippen molar-refractivity contribution in [2.45, 2.75) is 20.0 Å². The molecule has 0 spiro atoms. The zero-order valence-electron chi connectivity index (χ0n) is 10.7. The van der Waals surface area contributed by atoms with Crippen molar-refractivity contribution in [3.8, 4) is 5.75 Å². The smallest absolute Gasteiger partial charge is 0.335 e. The van der Waals surface area contributed by atoms with E-state index in [9.17, 15) is 14.9 Å². The first-order valence-corrected chi connectivity index (χ1v) is 5.71. The largest absolute Gasteiger partial charge is 0.481 e. The van der Waals surface area contributed by atoms with Crippen LogP contribution in [-0.4, -0.2) is 35.3 Å². The molecule has 0 amide bonds. The molecule has 0 heterocycles. The molecule has 0 aliphatic heterocycles. The number of nitro benzene ring substituents is 1. The summed E-state index contributed by atoms with van der Waals surface area (Å²) in [4.78, 5) is 21.0. The van der Waals surface area contributed by atoms with Crippen LogP contribution in [0.1, 0.15) is 24.2 Å². The monoisotopic (exact) mass is 269 g/mol. The summed E-state index contributed by atoms with van der Waals surface area (Å²) in [6.45, 7) is 4.36. The van der Waals surface area contributed by atoms with Gasteiger partial charge in [-0.3, -0.25) is 10.1 Å². The van der Waals surface area contributed by atoms with Gasteiger partial charge in [0, 0.05) is 12.7 Å². The van der Waals surface area contributed by atoms with E-state index in [1.165, 1.54) is 12.1 Å². The van der Waals surface area contributed by atoms with Gasteiger partial charge in [0.25, 0.3) is 0 Å². The molecule has 0 radical (unpaired) electrons. The van der Waals surface area contributed by atoms with Crippen LogP contribution < -0.4 is 4.74 Å². The molecular weight excluding hydrogens is 254 g/mol. The van der Waals surface area contributed by atoms with E-state index in [2.05, 4.69) is 0 Å². The van der Waals surface area contributed by atoms with E-state index in [0.717, 1.165) is 6.07 Å². The van der Waals surface area contributed by atoms with Gasteiger partial charge in [-0.25, -0.2) is 4.79 Å². The molecule has 1 N–H and O–H groups in total. The molecule has 0 fully saturated rings. The maximum atomic E-state index is 10.9. The van der Waals surface area contributed by atoms with Crippen molar-refractivity contribution in [2.75, 3.05) is 13.2 Å². The first-order valence-electron chi connectivity index (χ1n) is 5.71. The Morgan fingerprint density at radius 2 is 2.21 bits per heavy atom. The Bertz CT molecular complexity index is 473. The summed E-state index contributed by atoms with van der Waals surface area (Å²) in [5.74, 6) is -1.20. The fourth-order valence-electron chi connectivity index (χ4n) is 1.43. The molecule has 0 bridgehead atoms. The molecule has 7 nitrogen and oxygen atoms in total. The van der Waals surface area contributed by atoms with Crippen molar-refractivity contribution in [2.24, 2.45) is 0 Å². The first-order chi connectivity index (χ1) is 8.95. The van der Waals surface area contributed by atoms with Gasteiger partial charge < -0.3 is 14.6 Å². The lowest BCUT2D eigenvalue weighted by Crippen LogP contribution is -2.19. The van der Waals surface area contributed by atoms with E-state index in [-0.39, 0.29) is 23.1 Å². The predicted octanol–water partition coefficient (Wildman–Crippen LogP) is 2.10. The minimum Gasteiger partial charge on any atom is -0.481 e. The number of ether oxygens (including phenoxy) is 2. The van der Waals surface area contributed by atoms with Crippen molar-refractivity contribution < 1.29 is 24.3 Å². The molecule has 7 heteroatoms. The highest BCUT2D eigenvalue weighted by molar-refractivity contribution is 5.88. The summed E-state index contributed by atoms with van der Waals surface area (Å²) < 4.78 is 10.5. The summed E-state index contributed by atoms with van der Waals surface area (Å²) in [5.41, 5.74) is -0.528. The minimum atomic E-state index is -1.22. The van der Waals surface area contributed by atoms with Crippen molar-refractivity contribution in [1.29, 1.82) is 0 Å². The molecule has 104 valence electrons. The lowest BCUT2D eigenvalue weighted by atomic mass is 10.2. The Hall–Kier alpha value is -2.15. The van der Waals surface area contributed by atoms with Gasteiger partial charge >= 0.3 is 11.7 Å². The summed E-state index contributed by atoms with van der Waals surface area (Å²) in [6.07, 6.45) is -0.366. The molecular formula is C12H15NO6. The summed E-state index contributed by atoms with van der Waals surface area (Å²) in [7, 11) is 0. The Morgan fingerprint density at radius 3 is 2.74 bits per heavy atom. The van der Waals surface area contributed by atoms with Crippen LogP contribution in [0.25, 0.3) is 0 Å². The fraction of sp³-hybridized carbons (Fsp3) is 0.417. The molecule has 1 rings (SSSR count). The Kier molecular flexibility index (Phi) is 5.25. The lowest BCUT2D eigenvalue weighted by molar-refractivity contribution is -0.386. The maximum Gasteiger partial charge on any atom is 0.335 e. The molecule has 1 aromatic rings. The highest BCUT2D eigenvalue weighted by atomic mass is 16.6. The third-order valence-electron chi connectivity index (χ3n) is 2.29. The first kappa shape index (κ1) is 14.9. The van der Waals surface area contributed by atoms with Crippen molar-refractivity contribution in [1.82, 2.24) is 0 Å². The van der Waals surface area contributed by atoms with Gasteiger partial charge in [0.15, 0.2) is 5.75 Å². The van der Waals surface area contributed by atoms with E-state index in [1.54, 1.807) is 6.92 Å². The highest BCUT2D eigenvalue weighted by Crippen LogP contribution is 2.28. The standard InChI is InChI=1S/C12H15NO6/c1-3-18-7-8(2)19-11-5-4-9(12(14)15)6-10(11)13(16)17/h4-6,8H,3,7H2,1-2H3,(H,14,15). The summed E-state index contributed by atoms with van der Waals surface area (Å²) >= 11 is 0. The SMILES string of the molecule is CCOCC(C)Oc1ccc(C(=O)O)cc1[N+](=O)[O-]. The van der Waals surface area contributed by atoms with Gasteiger partial charge in [-0.05, 0) is 26.0 Å². The molecule has 1 unspecified atom stereocenters. The van der Waals surface area contributed by atoms with Crippen LogP contribution in [-0.2, 0) is 4.74 Å². The highest BCUT2D eigenvalue weighted by Gasteiger charge is 2.20. The Morgan fingerprint density at radius 1 is 1.53 bits per heavy atom. The van der Waals surface area contributed by atoms with Crippen molar-refractivity contribution >= 4 is 11.7 Å². The second-order valence-corrected chi connectivity index (χ2v) is 3.83. The topological polar surface area (TPSA) is 98.9 Å². The molecule has 1 aromatic carbocycles. The third kappa shape index (κ3) is 4.22. The number of aromatic carboxylic acids is 1. The zero-order chi connectivity index (χ0) is 14.4. The fourth-order valence-corrected chi connectivity index (χ4v) is 1.43. The number of carbonyl (C=O) groups is 1. The van der Waals surface area contributed by atoms with Crippen LogP contribution >= 0.6 is 0 Å². The summed E-state index contributed by atoms with van der Waals surface area (Å²) in [5, 5.41) is 19.7. The number of nitrogens with zero attached hydrogens (tertiary/aromatic N) is 1. The second kappa shape index (κ2) is 6.69. The number of benzene rings is 1. The molecule has 19 heavy (non-hydrogen) atoms. The molecule has 0 saturated heterocycles. The van der Waals surface area contributed by atoms with E-state index >= 15 is 0 Å². The number of carboxylic acids is 1. The van der Waals surface area contributed by atoms with Gasteiger partial charge in [-0.1, -0.05) is 0 Å². The normalized spacial score (nSPS) is 11.9. The summed E-state index contributed by atoms with van der Waals surface area (Å²) in [6, 6.07) is 3.52. The molecule has 0 aliphatic carbocycles. The van der Waals surface area contributed by atoms with Gasteiger partial charge in [-0.2, -0.15) is 0 Å². The second-order valence-electron chi connectivity index (χ2n) is 3.83. The van der Waals surface area contributed by atoms with E-state index in [1.807, 2.05) is 6.92 Å². The van der Waals surface area contributed by atoms with Crippen LogP contribution in [0.5, 0.6) is 5.75 Å². The van der Waals surface area contributed by atoms with Gasteiger partial charge in [0.05, 0.1) is 17.1 Å². The Balaban J connectivity index is 2.94. The van der Waals surface area contributed by atoms with Crippen molar-refractivity contribution in [3.05, 3.63) is 33.9 Å². The number of hydrogen-bond acceptors (Lipinski definition) is 5.